The van der Waals surface area contributed by atoms with Gasteiger partial charge in [0.05, 0.1) is 0 Å². The van der Waals surface area contributed by atoms with Crippen LogP contribution in [0, 0.1) is 0 Å². The van der Waals surface area contributed by atoms with Crippen LogP contribution in [0.25, 0.3) is 11.1 Å². The quantitative estimate of drug-likeness (QED) is 0.582. The van der Waals surface area contributed by atoms with Gasteiger partial charge < -0.3 is 10.4 Å². The number of para-hydroxylation sites is 1. The summed E-state index contributed by atoms with van der Waals surface area (Å²) >= 11 is 0. The topological polar surface area (TPSA) is 49.3 Å². The predicted molar refractivity (Wildman–Crippen MR) is 116 cm³/mol. The van der Waals surface area contributed by atoms with Crippen LogP contribution in [0.15, 0.2) is 72.8 Å². The van der Waals surface area contributed by atoms with E-state index in [1.54, 1.807) is 12.1 Å². The maximum absolute atomic E-state index is 12.4. The highest BCUT2D eigenvalue weighted by molar-refractivity contribution is 5.91. The van der Waals surface area contributed by atoms with E-state index in [-0.39, 0.29) is 17.1 Å². The minimum atomic E-state index is -0.0191. The molecule has 3 aromatic rings. The van der Waals surface area contributed by atoms with Crippen LogP contribution in [0.3, 0.4) is 0 Å². The Morgan fingerprint density at radius 2 is 1.64 bits per heavy atom. The van der Waals surface area contributed by atoms with Gasteiger partial charge in [-0.25, -0.2) is 0 Å². The van der Waals surface area contributed by atoms with Crippen molar-refractivity contribution in [2.24, 2.45) is 0 Å². The molecule has 0 spiro atoms. The Balaban J connectivity index is 1.61. The van der Waals surface area contributed by atoms with Gasteiger partial charge in [0.2, 0.25) is 5.91 Å². The molecule has 0 aliphatic carbocycles. The fourth-order valence-corrected chi connectivity index (χ4v) is 3.14. The lowest BCUT2D eigenvalue weighted by molar-refractivity contribution is -0.116. The standard InChI is InChI=1S/C25H27NO2/c1-25(2,3)20-14-11-18(12-15-20)13-16-24(28)26-21-8-6-7-19(17-21)22-9-4-5-10-23(22)27/h4-12,14-15,17,27H,13,16H2,1-3H3,(H,26,28). The van der Waals surface area contributed by atoms with E-state index in [0.717, 1.165) is 22.4 Å². The van der Waals surface area contributed by atoms with Crippen molar-refractivity contribution in [3.05, 3.63) is 83.9 Å². The maximum Gasteiger partial charge on any atom is 0.224 e. The molecule has 0 heterocycles. The molecule has 144 valence electrons. The Bertz CT molecular complexity index is 953. The van der Waals surface area contributed by atoms with Gasteiger partial charge in [0.25, 0.3) is 0 Å². The van der Waals surface area contributed by atoms with E-state index in [0.29, 0.717) is 12.8 Å². The summed E-state index contributed by atoms with van der Waals surface area (Å²) in [5, 5.41) is 13.0. The Hall–Kier alpha value is -3.07. The second-order valence-corrected chi connectivity index (χ2v) is 8.09. The first kappa shape index (κ1) is 19.7. The van der Waals surface area contributed by atoms with Crippen LogP contribution < -0.4 is 5.32 Å². The SMILES string of the molecule is CC(C)(C)c1ccc(CCC(=O)Nc2cccc(-c3ccccc3O)c2)cc1. The molecule has 0 aliphatic rings. The number of aryl methyl sites for hydroxylation is 1. The predicted octanol–water partition coefficient (Wildman–Crippen LogP) is 5.93. The van der Waals surface area contributed by atoms with Gasteiger partial charge in [-0.15, -0.1) is 0 Å². The zero-order valence-electron chi connectivity index (χ0n) is 16.7. The molecular weight excluding hydrogens is 346 g/mol. The van der Waals surface area contributed by atoms with E-state index in [1.807, 2.05) is 36.4 Å². The molecule has 0 fully saturated rings. The van der Waals surface area contributed by atoms with E-state index in [2.05, 4.69) is 50.4 Å². The van der Waals surface area contributed by atoms with Gasteiger partial charge in [-0.05, 0) is 46.7 Å². The van der Waals surface area contributed by atoms with Gasteiger partial charge >= 0.3 is 0 Å². The normalized spacial score (nSPS) is 11.2. The second-order valence-electron chi connectivity index (χ2n) is 8.09. The third-order valence-corrected chi connectivity index (χ3v) is 4.82. The first-order valence-corrected chi connectivity index (χ1v) is 9.60. The second kappa shape index (κ2) is 8.30. The number of phenols is 1. The van der Waals surface area contributed by atoms with E-state index in [9.17, 15) is 9.90 Å². The molecule has 2 N–H and O–H groups in total. The fourth-order valence-electron chi connectivity index (χ4n) is 3.14. The Morgan fingerprint density at radius 1 is 0.929 bits per heavy atom. The smallest absolute Gasteiger partial charge is 0.224 e. The highest BCUT2D eigenvalue weighted by atomic mass is 16.3. The van der Waals surface area contributed by atoms with Gasteiger partial charge in [-0.1, -0.05) is 75.4 Å². The van der Waals surface area contributed by atoms with Crippen molar-refractivity contribution in [1.29, 1.82) is 0 Å². The number of aromatic hydroxyl groups is 1. The van der Waals surface area contributed by atoms with Crippen LogP contribution >= 0.6 is 0 Å². The summed E-state index contributed by atoms with van der Waals surface area (Å²) in [6.07, 6.45) is 1.13. The third kappa shape index (κ3) is 5.01. The molecule has 3 aromatic carbocycles. The molecule has 0 radical (unpaired) electrons. The summed E-state index contributed by atoms with van der Waals surface area (Å²) in [5.41, 5.74) is 4.93. The zero-order valence-corrected chi connectivity index (χ0v) is 16.7. The van der Waals surface area contributed by atoms with Gasteiger partial charge in [0.15, 0.2) is 0 Å². The average Bonchev–Trinajstić information content (AvgIpc) is 2.66. The van der Waals surface area contributed by atoms with Crippen LogP contribution in [0.4, 0.5) is 5.69 Å². The van der Waals surface area contributed by atoms with Crippen molar-refractivity contribution in [1.82, 2.24) is 0 Å². The highest BCUT2D eigenvalue weighted by Crippen LogP contribution is 2.30. The molecule has 3 rings (SSSR count). The molecule has 0 saturated carbocycles. The summed E-state index contributed by atoms with van der Waals surface area (Å²) in [7, 11) is 0. The Labute approximate surface area is 167 Å². The van der Waals surface area contributed by atoms with Crippen molar-refractivity contribution >= 4 is 11.6 Å². The fraction of sp³-hybridized carbons (Fsp3) is 0.240. The lowest BCUT2D eigenvalue weighted by atomic mass is 9.86. The first-order chi connectivity index (χ1) is 13.3. The molecule has 3 nitrogen and oxygen atoms in total. The average molecular weight is 373 g/mol. The number of rotatable bonds is 5. The molecule has 0 unspecified atom stereocenters. The van der Waals surface area contributed by atoms with Gasteiger partial charge in [-0.2, -0.15) is 0 Å². The molecule has 0 saturated heterocycles. The van der Waals surface area contributed by atoms with Crippen LogP contribution in [0.1, 0.15) is 38.3 Å². The molecule has 0 atom stereocenters. The summed E-state index contributed by atoms with van der Waals surface area (Å²) in [6, 6.07) is 23.2. The summed E-state index contributed by atoms with van der Waals surface area (Å²) in [5.74, 6) is 0.207. The van der Waals surface area contributed by atoms with E-state index >= 15 is 0 Å². The zero-order chi connectivity index (χ0) is 20.1. The highest BCUT2D eigenvalue weighted by Gasteiger charge is 2.13. The molecule has 1 amide bonds. The van der Waals surface area contributed by atoms with Crippen molar-refractivity contribution in [2.75, 3.05) is 5.32 Å². The van der Waals surface area contributed by atoms with Crippen molar-refractivity contribution in [2.45, 2.75) is 39.0 Å². The number of benzene rings is 3. The Morgan fingerprint density at radius 3 is 2.32 bits per heavy atom. The van der Waals surface area contributed by atoms with Crippen LogP contribution in [0.5, 0.6) is 5.75 Å². The number of carbonyl (C=O) groups excluding carboxylic acids is 1. The van der Waals surface area contributed by atoms with Crippen molar-refractivity contribution < 1.29 is 9.90 Å². The lowest BCUT2D eigenvalue weighted by Crippen LogP contribution is -2.13. The minimum absolute atomic E-state index is 0.0191. The molecule has 0 bridgehead atoms. The van der Waals surface area contributed by atoms with Crippen molar-refractivity contribution in [3.63, 3.8) is 0 Å². The molecule has 3 heteroatoms. The van der Waals surface area contributed by atoms with E-state index in [1.165, 1.54) is 5.56 Å². The maximum atomic E-state index is 12.4. The van der Waals surface area contributed by atoms with Crippen LogP contribution in [-0.2, 0) is 16.6 Å². The van der Waals surface area contributed by atoms with Crippen molar-refractivity contribution in [3.8, 4) is 16.9 Å². The van der Waals surface area contributed by atoms with Crippen LogP contribution in [-0.4, -0.2) is 11.0 Å². The number of hydrogen-bond donors (Lipinski definition) is 2. The number of hydrogen-bond acceptors (Lipinski definition) is 2. The minimum Gasteiger partial charge on any atom is -0.507 e. The van der Waals surface area contributed by atoms with E-state index in [4.69, 9.17) is 0 Å². The largest absolute Gasteiger partial charge is 0.507 e. The number of carbonyl (C=O) groups is 1. The van der Waals surface area contributed by atoms with E-state index < -0.39 is 0 Å². The summed E-state index contributed by atoms with van der Waals surface area (Å²) < 4.78 is 0. The monoisotopic (exact) mass is 373 g/mol. The number of phenolic OH excluding ortho intramolecular Hbond substituents is 1. The van der Waals surface area contributed by atoms with Gasteiger partial charge in [-0.3, -0.25) is 4.79 Å². The third-order valence-electron chi connectivity index (χ3n) is 4.82. The summed E-state index contributed by atoms with van der Waals surface area (Å²) in [4.78, 5) is 12.4. The lowest BCUT2D eigenvalue weighted by Gasteiger charge is -2.19. The number of anilines is 1. The summed E-state index contributed by atoms with van der Waals surface area (Å²) in [6.45, 7) is 6.58. The molecule has 0 aliphatic heterocycles. The molecule has 28 heavy (non-hydrogen) atoms. The molecular formula is C25H27NO2. The number of amides is 1. The number of nitrogens with one attached hydrogen (secondary N) is 1. The molecule has 0 aromatic heterocycles. The van der Waals surface area contributed by atoms with Crippen LogP contribution in [0.2, 0.25) is 0 Å². The van der Waals surface area contributed by atoms with Gasteiger partial charge in [0, 0.05) is 17.7 Å². The van der Waals surface area contributed by atoms with Gasteiger partial charge in [0.1, 0.15) is 5.75 Å². The first-order valence-electron chi connectivity index (χ1n) is 9.60. The Kier molecular flexibility index (Phi) is 5.84.